The number of halogens is 5. The van der Waals surface area contributed by atoms with Crippen molar-refractivity contribution in [1.29, 1.82) is 0 Å². The third kappa shape index (κ3) is 2.73. The zero-order valence-corrected chi connectivity index (χ0v) is 10.7. The summed E-state index contributed by atoms with van der Waals surface area (Å²) in [5.41, 5.74) is 0.457. The Hall–Kier alpha value is -0.930. The van der Waals surface area contributed by atoms with Gasteiger partial charge >= 0.3 is 6.18 Å². The van der Waals surface area contributed by atoms with Crippen molar-refractivity contribution in [2.75, 3.05) is 0 Å². The SMILES string of the molecule is FC(F)(F)c1cccc(C2=C(Cl)C(Cl)=CCC2)c1. The Morgan fingerprint density at radius 3 is 2.50 bits per heavy atom. The maximum atomic E-state index is 12.6. The Morgan fingerprint density at radius 1 is 1.11 bits per heavy atom. The second-order valence-corrected chi connectivity index (χ2v) is 4.75. The summed E-state index contributed by atoms with van der Waals surface area (Å²) in [5.74, 6) is 0. The van der Waals surface area contributed by atoms with Crippen LogP contribution in [0.25, 0.3) is 5.57 Å². The summed E-state index contributed by atoms with van der Waals surface area (Å²) in [7, 11) is 0. The largest absolute Gasteiger partial charge is 0.416 e. The Labute approximate surface area is 113 Å². The number of allylic oxidation sites excluding steroid dienone is 4. The minimum Gasteiger partial charge on any atom is -0.166 e. The van der Waals surface area contributed by atoms with Crippen LogP contribution in [-0.2, 0) is 6.18 Å². The van der Waals surface area contributed by atoms with Crippen molar-refractivity contribution in [3.63, 3.8) is 0 Å². The smallest absolute Gasteiger partial charge is 0.166 e. The van der Waals surface area contributed by atoms with Crippen molar-refractivity contribution in [2.45, 2.75) is 19.0 Å². The Kier molecular flexibility index (Phi) is 3.74. The van der Waals surface area contributed by atoms with Crippen LogP contribution in [0.5, 0.6) is 0 Å². The minimum absolute atomic E-state index is 0.335. The van der Waals surface area contributed by atoms with E-state index >= 15 is 0 Å². The Bertz CT molecular complexity index is 527. The van der Waals surface area contributed by atoms with Crippen molar-refractivity contribution in [2.24, 2.45) is 0 Å². The van der Waals surface area contributed by atoms with Gasteiger partial charge in [-0.3, -0.25) is 0 Å². The van der Waals surface area contributed by atoms with Crippen molar-refractivity contribution in [3.05, 3.63) is 51.5 Å². The first-order valence-corrected chi connectivity index (χ1v) is 6.07. The molecule has 0 heterocycles. The molecule has 0 unspecified atom stereocenters. The molecule has 1 aromatic rings. The molecule has 1 aromatic carbocycles. The van der Waals surface area contributed by atoms with Gasteiger partial charge in [-0.1, -0.05) is 41.4 Å². The number of hydrogen-bond acceptors (Lipinski definition) is 0. The second kappa shape index (κ2) is 4.98. The molecule has 0 aromatic heterocycles. The molecule has 0 amide bonds. The molecule has 0 saturated heterocycles. The van der Waals surface area contributed by atoms with Crippen LogP contribution in [-0.4, -0.2) is 0 Å². The van der Waals surface area contributed by atoms with Crippen LogP contribution in [0.15, 0.2) is 40.4 Å². The van der Waals surface area contributed by atoms with Crippen LogP contribution >= 0.6 is 23.2 Å². The molecule has 0 bridgehead atoms. The summed E-state index contributed by atoms with van der Waals surface area (Å²) in [6, 6.07) is 5.13. The molecule has 0 nitrogen and oxygen atoms in total. The quantitative estimate of drug-likeness (QED) is 0.634. The lowest BCUT2D eigenvalue weighted by atomic mass is 9.95. The number of benzene rings is 1. The van der Waals surface area contributed by atoms with E-state index in [0.29, 0.717) is 34.0 Å². The van der Waals surface area contributed by atoms with E-state index in [1.165, 1.54) is 6.07 Å². The van der Waals surface area contributed by atoms with Gasteiger partial charge in [-0.25, -0.2) is 0 Å². The van der Waals surface area contributed by atoms with Crippen LogP contribution in [0.1, 0.15) is 24.0 Å². The first-order valence-electron chi connectivity index (χ1n) is 5.32. The maximum Gasteiger partial charge on any atom is 0.416 e. The summed E-state index contributed by atoms with van der Waals surface area (Å²) >= 11 is 11.9. The van der Waals surface area contributed by atoms with Crippen LogP contribution < -0.4 is 0 Å². The average Bonchev–Trinajstić information content (AvgIpc) is 2.32. The fraction of sp³-hybridized carbons (Fsp3) is 0.231. The summed E-state index contributed by atoms with van der Waals surface area (Å²) in [6.45, 7) is 0. The van der Waals surface area contributed by atoms with Gasteiger partial charge in [-0.05, 0) is 36.1 Å². The molecule has 18 heavy (non-hydrogen) atoms. The van der Waals surface area contributed by atoms with Gasteiger partial charge in [0.15, 0.2) is 0 Å². The van der Waals surface area contributed by atoms with Gasteiger partial charge in [0.2, 0.25) is 0 Å². The molecule has 0 spiro atoms. The molecule has 5 heteroatoms. The zero-order valence-electron chi connectivity index (χ0n) is 9.19. The summed E-state index contributed by atoms with van der Waals surface area (Å²) in [6.07, 6.45) is -1.31. The lowest BCUT2D eigenvalue weighted by Crippen LogP contribution is -2.05. The highest BCUT2D eigenvalue weighted by Gasteiger charge is 2.30. The van der Waals surface area contributed by atoms with Crippen LogP contribution in [0, 0.1) is 0 Å². The Morgan fingerprint density at radius 2 is 1.83 bits per heavy atom. The normalized spacial score (nSPS) is 16.8. The molecule has 96 valence electrons. The second-order valence-electron chi connectivity index (χ2n) is 3.96. The van der Waals surface area contributed by atoms with Gasteiger partial charge in [-0.15, -0.1) is 0 Å². The van der Waals surface area contributed by atoms with Crippen molar-refractivity contribution >= 4 is 28.8 Å². The third-order valence-electron chi connectivity index (χ3n) is 2.73. The van der Waals surface area contributed by atoms with Crippen LogP contribution in [0.3, 0.4) is 0 Å². The molecule has 2 rings (SSSR count). The highest BCUT2D eigenvalue weighted by Crippen LogP contribution is 2.38. The van der Waals surface area contributed by atoms with Crippen molar-refractivity contribution < 1.29 is 13.2 Å². The first kappa shape index (κ1) is 13.5. The molecule has 1 aliphatic carbocycles. The van der Waals surface area contributed by atoms with Crippen molar-refractivity contribution in [1.82, 2.24) is 0 Å². The van der Waals surface area contributed by atoms with Gasteiger partial charge in [0.25, 0.3) is 0 Å². The summed E-state index contributed by atoms with van der Waals surface area (Å²) in [4.78, 5) is 0. The molecule has 0 N–H and O–H groups in total. The predicted octanol–water partition coefficient (Wildman–Crippen LogP) is 5.57. The summed E-state index contributed by atoms with van der Waals surface area (Å²) in [5, 5.41) is 0.734. The van der Waals surface area contributed by atoms with E-state index in [4.69, 9.17) is 23.2 Å². The zero-order chi connectivity index (χ0) is 13.3. The molecule has 0 fully saturated rings. The fourth-order valence-corrected chi connectivity index (χ4v) is 2.34. The molecule has 0 atom stereocenters. The van der Waals surface area contributed by atoms with E-state index in [1.807, 2.05) is 0 Å². The van der Waals surface area contributed by atoms with E-state index in [0.717, 1.165) is 12.1 Å². The van der Waals surface area contributed by atoms with Crippen LogP contribution in [0.2, 0.25) is 0 Å². The van der Waals surface area contributed by atoms with Gasteiger partial charge in [0.1, 0.15) is 0 Å². The lowest BCUT2D eigenvalue weighted by Gasteiger charge is -2.16. The lowest BCUT2D eigenvalue weighted by molar-refractivity contribution is -0.137. The minimum atomic E-state index is -4.35. The molecular formula is C13H9Cl2F3. The number of hydrogen-bond donors (Lipinski definition) is 0. The molecule has 1 aliphatic rings. The average molecular weight is 293 g/mol. The van der Waals surface area contributed by atoms with Gasteiger partial charge in [0.05, 0.1) is 15.6 Å². The van der Waals surface area contributed by atoms with Gasteiger partial charge < -0.3 is 0 Å². The molecular weight excluding hydrogens is 284 g/mol. The number of rotatable bonds is 1. The fourth-order valence-electron chi connectivity index (χ4n) is 1.84. The highest BCUT2D eigenvalue weighted by atomic mass is 35.5. The topological polar surface area (TPSA) is 0 Å². The van der Waals surface area contributed by atoms with Gasteiger partial charge in [0, 0.05) is 0 Å². The molecule has 0 saturated carbocycles. The molecule has 0 aliphatic heterocycles. The van der Waals surface area contributed by atoms with E-state index in [-0.39, 0.29) is 0 Å². The Balaban J connectivity index is 2.47. The summed E-state index contributed by atoms with van der Waals surface area (Å²) < 4.78 is 37.9. The molecule has 0 radical (unpaired) electrons. The van der Waals surface area contributed by atoms with Crippen molar-refractivity contribution in [3.8, 4) is 0 Å². The maximum absolute atomic E-state index is 12.6. The van der Waals surface area contributed by atoms with E-state index in [1.54, 1.807) is 12.1 Å². The number of alkyl halides is 3. The predicted molar refractivity (Wildman–Crippen MR) is 67.4 cm³/mol. The van der Waals surface area contributed by atoms with E-state index in [2.05, 4.69) is 0 Å². The van der Waals surface area contributed by atoms with E-state index in [9.17, 15) is 13.2 Å². The van der Waals surface area contributed by atoms with E-state index < -0.39 is 11.7 Å². The third-order valence-corrected chi connectivity index (χ3v) is 3.60. The monoisotopic (exact) mass is 292 g/mol. The standard InChI is InChI=1S/C13H9Cl2F3/c14-11-6-2-5-10(12(11)15)8-3-1-4-9(7-8)13(16,17)18/h1,3-4,6-7H,2,5H2. The van der Waals surface area contributed by atoms with Gasteiger partial charge in [-0.2, -0.15) is 13.2 Å². The van der Waals surface area contributed by atoms with Crippen LogP contribution in [0.4, 0.5) is 13.2 Å². The highest BCUT2D eigenvalue weighted by molar-refractivity contribution is 6.46. The first-order chi connectivity index (χ1) is 8.39.